The number of hydrogen-bond donors (Lipinski definition) is 2. The van der Waals surface area contributed by atoms with Gasteiger partial charge < -0.3 is 10.2 Å². The number of rotatable bonds is 3. The van der Waals surface area contributed by atoms with Gasteiger partial charge >= 0.3 is 0 Å². The first-order valence-electron chi connectivity index (χ1n) is 8.88. The highest BCUT2D eigenvalue weighted by atomic mass is 32.2. The van der Waals surface area contributed by atoms with E-state index in [0.29, 0.717) is 11.3 Å². The molecular weight excluding hydrogens is 306 g/mol. The first kappa shape index (κ1) is 16.7. The second kappa shape index (κ2) is 7.60. The standard InChI is InChI=1S/C17H29N5S/c1-3-18-16(19-11-15-12-20-21-14(15)2)22-9-10-23-17(13-22)7-5-4-6-8-17/h12H,3-11,13H2,1-2H3,(H,18,19)(H,20,21). The molecule has 0 unspecified atom stereocenters. The van der Waals surface area contributed by atoms with Crippen molar-refractivity contribution in [2.24, 2.45) is 4.99 Å². The summed E-state index contributed by atoms with van der Waals surface area (Å²) in [5.74, 6) is 2.29. The fourth-order valence-corrected chi connectivity index (χ4v) is 5.21. The molecule has 1 aliphatic heterocycles. The molecule has 6 heteroatoms. The molecule has 0 aromatic carbocycles. The van der Waals surface area contributed by atoms with Crippen LogP contribution in [0.3, 0.4) is 0 Å². The second-order valence-electron chi connectivity index (χ2n) is 6.70. The molecule has 0 radical (unpaired) electrons. The summed E-state index contributed by atoms with van der Waals surface area (Å²) in [6.45, 7) is 8.06. The Kier molecular flexibility index (Phi) is 5.51. The molecule has 3 rings (SSSR count). The average Bonchev–Trinajstić information content (AvgIpc) is 2.97. The van der Waals surface area contributed by atoms with E-state index in [4.69, 9.17) is 4.99 Å². The molecule has 2 fully saturated rings. The van der Waals surface area contributed by atoms with Crippen molar-refractivity contribution in [3.63, 3.8) is 0 Å². The molecule has 0 bridgehead atoms. The maximum atomic E-state index is 4.88. The van der Waals surface area contributed by atoms with Crippen LogP contribution in [0.5, 0.6) is 0 Å². The number of aromatic nitrogens is 2. The van der Waals surface area contributed by atoms with Gasteiger partial charge in [-0.05, 0) is 26.7 Å². The number of H-pyrrole nitrogens is 1. The zero-order chi connectivity index (χ0) is 16.1. The summed E-state index contributed by atoms with van der Waals surface area (Å²) in [7, 11) is 0. The van der Waals surface area contributed by atoms with Crippen molar-refractivity contribution < 1.29 is 0 Å². The van der Waals surface area contributed by atoms with Crippen LogP contribution in [0.4, 0.5) is 0 Å². The topological polar surface area (TPSA) is 56.3 Å². The van der Waals surface area contributed by atoms with Crippen LogP contribution in [-0.4, -0.2) is 51.2 Å². The van der Waals surface area contributed by atoms with E-state index < -0.39 is 0 Å². The number of guanidine groups is 1. The van der Waals surface area contributed by atoms with Crippen LogP contribution in [0.25, 0.3) is 0 Å². The van der Waals surface area contributed by atoms with Crippen LogP contribution in [0.2, 0.25) is 0 Å². The largest absolute Gasteiger partial charge is 0.357 e. The normalized spacial score (nSPS) is 21.7. The van der Waals surface area contributed by atoms with Gasteiger partial charge in [0.05, 0.1) is 12.7 Å². The monoisotopic (exact) mass is 335 g/mol. The van der Waals surface area contributed by atoms with E-state index in [1.165, 1.54) is 43.4 Å². The highest BCUT2D eigenvalue weighted by Crippen LogP contribution is 2.42. The number of aromatic amines is 1. The van der Waals surface area contributed by atoms with Crippen molar-refractivity contribution in [3.05, 3.63) is 17.5 Å². The number of thioether (sulfide) groups is 1. The molecule has 0 atom stereocenters. The van der Waals surface area contributed by atoms with E-state index >= 15 is 0 Å². The van der Waals surface area contributed by atoms with Crippen LogP contribution in [0.15, 0.2) is 11.2 Å². The van der Waals surface area contributed by atoms with Gasteiger partial charge in [-0.2, -0.15) is 16.9 Å². The molecule has 1 aromatic heterocycles. The Labute approximate surface area is 143 Å². The quantitative estimate of drug-likeness (QED) is 0.659. The Morgan fingerprint density at radius 3 is 2.96 bits per heavy atom. The van der Waals surface area contributed by atoms with Crippen LogP contribution < -0.4 is 5.32 Å². The Hall–Kier alpha value is -1.17. The lowest BCUT2D eigenvalue weighted by molar-refractivity contribution is 0.293. The Morgan fingerprint density at radius 2 is 2.26 bits per heavy atom. The lowest BCUT2D eigenvalue weighted by Gasteiger charge is -2.45. The summed E-state index contributed by atoms with van der Waals surface area (Å²) in [5, 5.41) is 10.6. The fraction of sp³-hybridized carbons (Fsp3) is 0.765. The summed E-state index contributed by atoms with van der Waals surface area (Å²) in [5.41, 5.74) is 2.29. The minimum atomic E-state index is 0.470. The molecule has 5 nitrogen and oxygen atoms in total. The van der Waals surface area contributed by atoms with Gasteiger partial charge in [0.15, 0.2) is 5.96 Å². The third-order valence-electron chi connectivity index (χ3n) is 4.98. The van der Waals surface area contributed by atoms with Crippen LogP contribution in [0.1, 0.15) is 50.3 Å². The van der Waals surface area contributed by atoms with E-state index in [1.54, 1.807) is 0 Å². The third kappa shape index (κ3) is 4.03. The van der Waals surface area contributed by atoms with Gasteiger partial charge in [-0.25, -0.2) is 4.99 Å². The Morgan fingerprint density at radius 1 is 1.43 bits per heavy atom. The van der Waals surface area contributed by atoms with E-state index in [2.05, 4.69) is 46.0 Å². The molecule has 1 spiro atoms. The minimum absolute atomic E-state index is 0.470. The van der Waals surface area contributed by atoms with Crippen LogP contribution in [0, 0.1) is 6.92 Å². The van der Waals surface area contributed by atoms with Gasteiger partial charge in [-0.15, -0.1) is 0 Å². The van der Waals surface area contributed by atoms with E-state index in [1.807, 2.05) is 6.20 Å². The number of aryl methyl sites for hydroxylation is 1. The van der Waals surface area contributed by atoms with Gasteiger partial charge in [0.1, 0.15) is 0 Å². The minimum Gasteiger partial charge on any atom is -0.357 e. The predicted octanol–water partition coefficient (Wildman–Crippen LogP) is 2.94. The van der Waals surface area contributed by atoms with Gasteiger partial charge in [-0.3, -0.25) is 5.10 Å². The van der Waals surface area contributed by atoms with Crippen molar-refractivity contribution in [3.8, 4) is 0 Å². The van der Waals surface area contributed by atoms with Crippen molar-refractivity contribution in [1.29, 1.82) is 0 Å². The molecule has 1 aromatic rings. The fourth-order valence-electron chi connectivity index (χ4n) is 3.65. The summed E-state index contributed by atoms with van der Waals surface area (Å²) in [4.78, 5) is 7.37. The van der Waals surface area contributed by atoms with Gasteiger partial charge in [0.2, 0.25) is 0 Å². The average molecular weight is 336 g/mol. The number of nitrogens with zero attached hydrogens (tertiary/aromatic N) is 3. The Balaban J connectivity index is 1.70. The summed E-state index contributed by atoms with van der Waals surface area (Å²) >= 11 is 2.20. The highest BCUT2D eigenvalue weighted by Gasteiger charge is 2.38. The van der Waals surface area contributed by atoms with Gasteiger partial charge in [0, 0.05) is 41.4 Å². The number of aliphatic imine (C=N–C) groups is 1. The molecular formula is C17H29N5S. The molecule has 1 saturated heterocycles. The zero-order valence-electron chi connectivity index (χ0n) is 14.4. The third-order valence-corrected chi connectivity index (χ3v) is 6.52. The van der Waals surface area contributed by atoms with E-state index in [-0.39, 0.29) is 0 Å². The first-order chi connectivity index (χ1) is 11.2. The lowest BCUT2D eigenvalue weighted by Crippen LogP contribution is -2.53. The smallest absolute Gasteiger partial charge is 0.194 e. The SMILES string of the molecule is CCNC(=NCc1cn[nH]c1C)N1CCSC2(CCCCC2)C1. The highest BCUT2D eigenvalue weighted by molar-refractivity contribution is 8.00. The number of nitrogens with one attached hydrogen (secondary N) is 2. The molecule has 128 valence electrons. The van der Waals surface area contributed by atoms with Crippen molar-refractivity contribution in [1.82, 2.24) is 20.4 Å². The maximum absolute atomic E-state index is 4.88. The molecule has 23 heavy (non-hydrogen) atoms. The molecule has 0 amide bonds. The summed E-state index contributed by atoms with van der Waals surface area (Å²) in [6, 6.07) is 0. The summed E-state index contributed by atoms with van der Waals surface area (Å²) in [6.07, 6.45) is 8.82. The molecule has 2 heterocycles. The number of hydrogen-bond acceptors (Lipinski definition) is 3. The molecule has 2 aliphatic rings. The predicted molar refractivity (Wildman–Crippen MR) is 98.0 cm³/mol. The summed E-state index contributed by atoms with van der Waals surface area (Å²) < 4.78 is 0.470. The Bertz CT molecular complexity index is 527. The maximum Gasteiger partial charge on any atom is 0.194 e. The van der Waals surface area contributed by atoms with Crippen LogP contribution >= 0.6 is 11.8 Å². The zero-order valence-corrected chi connectivity index (χ0v) is 15.2. The molecule has 1 aliphatic carbocycles. The van der Waals surface area contributed by atoms with E-state index in [0.717, 1.165) is 31.3 Å². The van der Waals surface area contributed by atoms with Crippen molar-refractivity contribution in [2.45, 2.75) is 57.2 Å². The second-order valence-corrected chi connectivity index (χ2v) is 8.27. The van der Waals surface area contributed by atoms with Crippen molar-refractivity contribution >= 4 is 17.7 Å². The van der Waals surface area contributed by atoms with Gasteiger partial charge in [-0.1, -0.05) is 19.3 Å². The lowest BCUT2D eigenvalue weighted by atomic mass is 9.87. The van der Waals surface area contributed by atoms with Crippen LogP contribution in [-0.2, 0) is 6.54 Å². The van der Waals surface area contributed by atoms with Gasteiger partial charge in [0.25, 0.3) is 0 Å². The first-order valence-corrected chi connectivity index (χ1v) is 9.87. The molecule has 1 saturated carbocycles. The van der Waals surface area contributed by atoms with E-state index in [9.17, 15) is 0 Å². The van der Waals surface area contributed by atoms with Crippen molar-refractivity contribution in [2.75, 3.05) is 25.4 Å². The molecule has 2 N–H and O–H groups in total.